The number of aryl methyl sites for hydroxylation is 1. The average Bonchev–Trinajstić information content (AvgIpc) is 2.26. The van der Waals surface area contributed by atoms with Gasteiger partial charge in [-0.25, -0.2) is 0 Å². The summed E-state index contributed by atoms with van der Waals surface area (Å²) in [5.41, 5.74) is 8.19. The molecule has 0 aliphatic carbocycles. The minimum atomic E-state index is -0.220. The Balaban J connectivity index is 2.85. The van der Waals surface area contributed by atoms with Gasteiger partial charge in [-0.05, 0) is 19.4 Å². The van der Waals surface area contributed by atoms with Crippen molar-refractivity contribution < 1.29 is 9.53 Å². The molecule has 0 saturated heterocycles. The Bertz CT molecular complexity index is 343. The molecular formula is C13H19NO2. The molecule has 3 heteroatoms. The van der Waals surface area contributed by atoms with Crippen LogP contribution >= 0.6 is 0 Å². The highest BCUT2D eigenvalue weighted by molar-refractivity contribution is 5.70. The zero-order chi connectivity index (χ0) is 12.1. The van der Waals surface area contributed by atoms with Crippen LogP contribution in [0.2, 0.25) is 0 Å². The summed E-state index contributed by atoms with van der Waals surface area (Å²) in [7, 11) is 1.40. The molecule has 2 unspecified atom stereocenters. The molecule has 1 aromatic rings. The van der Waals surface area contributed by atoms with Crippen molar-refractivity contribution in [1.29, 1.82) is 0 Å². The average molecular weight is 221 g/mol. The number of rotatable bonds is 4. The van der Waals surface area contributed by atoms with Crippen molar-refractivity contribution in [2.24, 2.45) is 5.73 Å². The van der Waals surface area contributed by atoms with E-state index in [0.717, 1.165) is 5.56 Å². The third-order valence-corrected chi connectivity index (χ3v) is 2.75. The van der Waals surface area contributed by atoms with Crippen LogP contribution in [-0.4, -0.2) is 19.1 Å². The van der Waals surface area contributed by atoms with E-state index >= 15 is 0 Å². The number of hydrogen-bond acceptors (Lipinski definition) is 3. The van der Waals surface area contributed by atoms with Gasteiger partial charge in [0.25, 0.3) is 0 Å². The van der Waals surface area contributed by atoms with Gasteiger partial charge in [-0.1, -0.05) is 29.8 Å². The number of carbonyl (C=O) groups is 1. The Morgan fingerprint density at radius 2 is 1.94 bits per heavy atom. The van der Waals surface area contributed by atoms with Gasteiger partial charge in [0.15, 0.2) is 0 Å². The van der Waals surface area contributed by atoms with E-state index in [2.05, 4.69) is 4.74 Å². The SMILES string of the molecule is COC(=O)CC(c1ccc(C)cc1)C(C)N. The van der Waals surface area contributed by atoms with Crippen molar-refractivity contribution in [1.82, 2.24) is 0 Å². The molecule has 0 aliphatic rings. The lowest BCUT2D eigenvalue weighted by Gasteiger charge is -2.20. The Hall–Kier alpha value is -1.35. The predicted octanol–water partition coefficient (Wildman–Crippen LogP) is 1.99. The van der Waals surface area contributed by atoms with E-state index in [9.17, 15) is 4.79 Å². The second kappa shape index (κ2) is 5.66. The Kier molecular flexibility index (Phi) is 4.50. The van der Waals surface area contributed by atoms with Crippen LogP contribution in [0.3, 0.4) is 0 Å². The molecule has 2 N–H and O–H groups in total. The molecule has 88 valence electrons. The monoisotopic (exact) mass is 221 g/mol. The Morgan fingerprint density at radius 3 is 2.38 bits per heavy atom. The summed E-state index contributed by atoms with van der Waals surface area (Å²) in [5.74, 6) is -0.198. The largest absolute Gasteiger partial charge is 0.469 e. The van der Waals surface area contributed by atoms with Crippen molar-refractivity contribution in [2.75, 3.05) is 7.11 Å². The van der Waals surface area contributed by atoms with Gasteiger partial charge >= 0.3 is 5.97 Å². The Morgan fingerprint density at radius 1 is 1.38 bits per heavy atom. The fourth-order valence-electron chi connectivity index (χ4n) is 1.68. The molecule has 0 saturated carbocycles. The molecule has 0 aromatic heterocycles. The third kappa shape index (κ3) is 3.35. The van der Waals surface area contributed by atoms with Crippen LogP contribution in [0.4, 0.5) is 0 Å². The van der Waals surface area contributed by atoms with Crippen molar-refractivity contribution in [3.05, 3.63) is 35.4 Å². The van der Waals surface area contributed by atoms with Crippen LogP contribution in [0.1, 0.15) is 30.4 Å². The number of carbonyl (C=O) groups excluding carboxylic acids is 1. The lowest BCUT2D eigenvalue weighted by molar-refractivity contribution is -0.141. The maximum Gasteiger partial charge on any atom is 0.306 e. The van der Waals surface area contributed by atoms with E-state index < -0.39 is 0 Å². The van der Waals surface area contributed by atoms with Gasteiger partial charge in [0, 0.05) is 12.0 Å². The Labute approximate surface area is 96.6 Å². The molecule has 3 nitrogen and oxygen atoms in total. The van der Waals surface area contributed by atoms with Crippen LogP contribution in [0.5, 0.6) is 0 Å². The first-order valence-electron chi connectivity index (χ1n) is 5.43. The van der Waals surface area contributed by atoms with E-state index in [-0.39, 0.29) is 17.9 Å². The topological polar surface area (TPSA) is 52.3 Å². The van der Waals surface area contributed by atoms with Crippen molar-refractivity contribution >= 4 is 5.97 Å². The van der Waals surface area contributed by atoms with Crippen molar-refractivity contribution in [2.45, 2.75) is 32.2 Å². The minimum Gasteiger partial charge on any atom is -0.469 e. The molecule has 0 aliphatic heterocycles. The fraction of sp³-hybridized carbons (Fsp3) is 0.462. The maximum atomic E-state index is 11.3. The summed E-state index contributed by atoms with van der Waals surface area (Å²) in [5, 5.41) is 0. The molecule has 0 radical (unpaired) electrons. The number of nitrogens with two attached hydrogens (primary N) is 1. The predicted molar refractivity (Wildman–Crippen MR) is 64.2 cm³/mol. The molecule has 0 spiro atoms. The summed E-state index contributed by atoms with van der Waals surface area (Å²) in [6.45, 7) is 3.94. The first-order valence-corrected chi connectivity index (χ1v) is 5.43. The van der Waals surface area contributed by atoms with E-state index in [0.29, 0.717) is 6.42 Å². The first-order chi connectivity index (χ1) is 7.54. The standard InChI is InChI=1S/C13H19NO2/c1-9-4-6-11(7-5-9)12(10(2)14)8-13(15)16-3/h4-7,10,12H,8,14H2,1-3H3. The summed E-state index contributed by atoms with van der Waals surface area (Å²) < 4.78 is 4.68. The lowest BCUT2D eigenvalue weighted by Crippen LogP contribution is -2.27. The number of benzene rings is 1. The first kappa shape index (κ1) is 12.7. The zero-order valence-corrected chi connectivity index (χ0v) is 10.1. The fourth-order valence-corrected chi connectivity index (χ4v) is 1.68. The maximum absolute atomic E-state index is 11.3. The van der Waals surface area contributed by atoms with Crippen molar-refractivity contribution in [3.63, 3.8) is 0 Å². The highest BCUT2D eigenvalue weighted by atomic mass is 16.5. The van der Waals surface area contributed by atoms with Crippen LogP contribution < -0.4 is 5.73 Å². The smallest absolute Gasteiger partial charge is 0.306 e. The lowest BCUT2D eigenvalue weighted by atomic mass is 9.89. The molecular weight excluding hydrogens is 202 g/mol. The van der Waals surface area contributed by atoms with E-state index in [1.54, 1.807) is 0 Å². The van der Waals surface area contributed by atoms with Crippen LogP contribution in [0.25, 0.3) is 0 Å². The molecule has 2 atom stereocenters. The molecule has 0 amide bonds. The summed E-state index contributed by atoms with van der Waals surface area (Å²) in [6, 6.07) is 8.03. The normalized spacial score (nSPS) is 14.2. The third-order valence-electron chi connectivity index (χ3n) is 2.75. The molecule has 16 heavy (non-hydrogen) atoms. The second-order valence-electron chi connectivity index (χ2n) is 4.16. The van der Waals surface area contributed by atoms with E-state index in [4.69, 9.17) is 5.73 Å². The van der Waals surface area contributed by atoms with Gasteiger partial charge in [0.05, 0.1) is 13.5 Å². The number of esters is 1. The second-order valence-corrected chi connectivity index (χ2v) is 4.16. The molecule has 0 bridgehead atoms. The van der Waals surface area contributed by atoms with Crippen LogP contribution in [0.15, 0.2) is 24.3 Å². The van der Waals surface area contributed by atoms with Gasteiger partial charge < -0.3 is 10.5 Å². The molecule has 0 heterocycles. The van der Waals surface area contributed by atoms with Gasteiger partial charge in [-0.15, -0.1) is 0 Å². The minimum absolute atomic E-state index is 0.0213. The van der Waals surface area contributed by atoms with Crippen LogP contribution in [0, 0.1) is 6.92 Å². The molecule has 1 aromatic carbocycles. The quantitative estimate of drug-likeness (QED) is 0.791. The van der Waals surface area contributed by atoms with Crippen molar-refractivity contribution in [3.8, 4) is 0 Å². The summed E-state index contributed by atoms with van der Waals surface area (Å²) >= 11 is 0. The van der Waals surface area contributed by atoms with Gasteiger partial charge in [0.2, 0.25) is 0 Å². The molecule has 1 rings (SSSR count). The van der Waals surface area contributed by atoms with Gasteiger partial charge in [0.1, 0.15) is 0 Å². The van der Waals surface area contributed by atoms with Gasteiger partial charge in [-0.3, -0.25) is 4.79 Å². The van der Waals surface area contributed by atoms with E-state index in [1.807, 2.05) is 38.1 Å². The van der Waals surface area contributed by atoms with Gasteiger partial charge in [-0.2, -0.15) is 0 Å². The highest BCUT2D eigenvalue weighted by Crippen LogP contribution is 2.23. The highest BCUT2D eigenvalue weighted by Gasteiger charge is 2.20. The number of ether oxygens (including phenoxy) is 1. The van der Waals surface area contributed by atoms with Crippen LogP contribution in [-0.2, 0) is 9.53 Å². The van der Waals surface area contributed by atoms with E-state index in [1.165, 1.54) is 12.7 Å². The summed E-state index contributed by atoms with van der Waals surface area (Å²) in [4.78, 5) is 11.3. The summed E-state index contributed by atoms with van der Waals surface area (Å²) in [6.07, 6.45) is 0.331. The number of hydrogen-bond donors (Lipinski definition) is 1. The molecule has 0 fully saturated rings. The zero-order valence-electron chi connectivity index (χ0n) is 10.1. The number of methoxy groups -OCH3 is 1.